The van der Waals surface area contributed by atoms with E-state index in [1.807, 2.05) is 6.92 Å². The summed E-state index contributed by atoms with van der Waals surface area (Å²) in [5.41, 5.74) is 0.528. The topological polar surface area (TPSA) is 83.5 Å². The molecule has 3 unspecified atom stereocenters. The molecule has 0 spiro atoms. The highest BCUT2D eigenvalue weighted by atomic mass is 32.2. The summed E-state index contributed by atoms with van der Waals surface area (Å²) in [4.78, 5) is 11.1. The molecule has 1 aliphatic rings. The quantitative estimate of drug-likeness (QED) is 0.894. The molecule has 1 aromatic rings. The lowest BCUT2D eigenvalue weighted by Gasteiger charge is -2.20. The number of carboxylic acid groups (broad SMARTS) is 1. The van der Waals surface area contributed by atoms with Crippen molar-refractivity contribution >= 4 is 16.0 Å². The van der Waals surface area contributed by atoms with Gasteiger partial charge in [-0.05, 0) is 49.3 Å². The van der Waals surface area contributed by atoms with E-state index in [4.69, 9.17) is 5.11 Å². The van der Waals surface area contributed by atoms with E-state index in [2.05, 4.69) is 11.6 Å². The number of aromatic carboxylic acids is 1. The van der Waals surface area contributed by atoms with Crippen LogP contribution in [0.2, 0.25) is 0 Å². The fourth-order valence-corrected chi connectivity index (χ4v) is 4.45. The number of sulfonamides is 1. The summed E-state index contributed by atoms with van der Waals surface area (Å²) in [5.74, 6) is -0.360. The van der Waals surface area contributed by atoms with E-state index in [1.165, 1.54) is 18.2 Å². The minimum Gasteiger partial charge on any atom is -0.478 e. The molecule has 21 heavy (non-hydrogen) atoms. The number of benzene rings is 1. The van der Waals surface area contributed by atoms with Crippen LogP contribution < -0.4 is 4.72 Å². The summed E-state index contributed by atoms with van der Waals surface area (Å²) in [6.45, 7) is 5.83. The van der Waals surface area contributed by atoms with Crippen LogP contribution in [0.1, 0.15) is 42.6 Å². The summed E-state index contributed by atoms with van der Waals surface area (Å²) in [5, 5.41) is 9.01. The van der Waals surface area contributed by atoms with Crippen molar-refractivity contribution in [3.8, 4) is 0 Å². The molecule has 0 heterocycles. The molecule has 0 radical (unpaired) electrons. The van der Waals surface area contributed by atoms with Crippen LogP contribution in [0.3, 0.4) is 0 Å². The number of nitrogens with one attached hydrogen (secondary N) is 1. The van der Waals surface area contributed by atoms with Crippen molar-refractivity contribution in [2.75, 3.05) is 0 Å². The van der Waals surface area contributed by atoms with Gasteiger partial charge in [0.05, 0.1) is 10.5 Å². The predicted octanol–water partition coefficient (Wildman–Crippen LogP) is 2.41. The Morgan fingerprint density at radius 1 is 1.29 bits per heavy atom. The largest absolute Gasteiger partial charge is 0.478 e. The molecule has 116 valence electrons. The van der Waals surface area contributed by atoms with Crippen molar-refractivity contribution in [1.82, 2.24) is 4.72 Å². The number of rotatable bonds is 4. The van der Waals surface area contributed by atoms with Gasteiger partial charge in [0.2, 0.25) is 10.0 Å². The van der Waals surface area contributed by atoms with Crippen molar-refractivity contribution < 1.29 is 18.3 Å². The monoisotopic (exact) mass is 311 g/mol. The maximum absolute atomic E-state index is 12.5. The second kappa shape index (κ2) is 5.77. The molecule has 6 heteroatoms. The molecule has 0 aromatic heterocycles. The molecule has 5 nitrogen and oxygen atoms in total. The molecule has 1 fully saturated rings. The van der Waals surface area contributed by atoms with Gasteiger partial charge in [0.25, 0.3) is 0 Å². The lowest BCUT2D eigenvalue weighted by molar-refractivity contribution is 0.0696. The first kappa shape index (κ1) is 16.0. The van der Waals surface area contributed by atoms with E-state index in [9.17, 15) is 13.2 Å². The molecule has 0 aliphatic heterocycles. The first-order chi connectivity index (χ1) is 9.72. The van der Waals surface area contributed by atoms with Crippen LogP contribution in [-0.2, 0) is 10.0 Å². The van der Waals surface area contributed by atoms with E-state index in [1.54, 1.807) is 6.92 Å². The number of hydrogen-bond acceptors (Lipinski definition) is 3. The molecule has 1 saturated carbocycles. The van der Waals surface area contributed by atoms with Gasteiger partial charge in [0.1, 0.15) is 0 Å². The van der Waals surface area contributed by atoms with Gasteiger partial charge in [0.15, 0.2) is 0 Å². The minimum absolute atomic E-state index is 0.0196. The Hall–Kier alpha value is -1.40. The SMILES string of the molecule is Cc1ccc(C(=O)O)cc1S(=O)(=O)NC1CCC(C)C1C. The lowest BCUT2D eigenvalue weighted by Crippen LogP contribution is -2.37. The Balaban J connectivity index is 2.31. The molecule has 0 bridgehead atoms. The van der Waals surface area contributed by atoms with Crippen molar-refractivity contribution in [1.29, 1.82) is 0 Å². The summed E-state index contributed by atoms with van der Waals surface area (Å²) >= 11 is 0. The Bertz CT molecular complexity index is 654. The Morgan fingerprint density at radius 2 is 1.95 bits per heavy atom. The van der Waals surface area contributed by atoms with Crippen molar-refractivity contribution in [2.45, 2.75) is 44.6 Å². The van der Waals surface area contributed by atoms with Crippen molar-refractivity contribution in [3.63, 3.8) is 0 Å². The van der Waals surface area contributed by atoms with Crippen molar-refractivity contribution in [3.05, 3.63) is 29.3 Å². The van der Waals surface area contributed by atoms with Gasteiger partial charge in [-0.25, -0.2) is 17.9 Å². The fraction of sp³-hybridized carbons (Fsp3) is 0.533. The third-order valence-electron chi connectivity index (χ3n) is 4.50. The van der Waals surface area contributed by atoms with Crippen LogP contribution in [0.4, 0.5) is 0 Å². The summed E-state index contributed by atoms with van der Waals surface area (Å²) in [6, 6.07) is 4.08. The molecule has 0 saturated heterocycles. The molecule has 1 aliphatic carbocycles. The third kappa shape index (κ3) is 3.27. The number of hydrogen-bond donors (Lipinski definition) is 2. The first-order valence-corrected chi connectivity index (χ1v) is 8.57. The minimum atomic E-state index is -3.70. The highest BCUT2D eigenvalue weighted by molar-refractivity contribution is 7.89. The van der Waals surface area contributed by atoms with Crippen LogP contribution in [0.25, 0.3) is 0 Å². The molecular formula is C15H21NO4S. The van der Waals surface area contributed by atoms with Crippen LogP contribution >= 0.6 is 0 Å². The van der Waals surface area contributed by atoms with E-state index in [-0.39, 0.29) is 22.4 Å². The Labute approximate surface area is 125 Å². The molecule has 0 amide bonds. The zero-order chi connectivity index (χ0) is 15.8. The maximum Gasteiger partial charge on any atom is 0.335 e. The van der Waals surface area contributed by atoms with E-state index in [0.717, 1.165) is 12.8 Å². The molecule has 3 atom stereocenters. The van der Waals surface area contributed by atoms with Gasteiger partial charge >= 0.3 is 5.97 Å². The summed E-state index contributed by atoms with van der Waals surface area (Å²) < 4.78 is 27.8. The molecule has 2 N–H and O–H groups in total. The average Bonchev–Trinajstić information content (AvgIpc) is 2.70. The lowest BCUT2D eigenvalue weighted by atomic mass is 9.98. The van der Waals surface area contributed by atoms with E-state index >= 15 is 0 Å². The standard InChI is InChI=1S/C15H21NO4S/c1-9-5-7-13(11(9)3)16-21(19,20)14-8-12(15(17)18)6-4-10(14)2/h4,6,8-9,11,13,16H,5,7H2,1-3H3,(H,17,18). The Morgan fingerprint density at radius 3 is 2.48 bits per heavy atom. The second-order valence-electron chi connectivity index (χ2n) is 5.93. The molecule has 1 aromatic carbocycles. The van der Waals surface area contributed by atoms with Gasteiger partial charge in [-0.1, -0.05) is 19.9 Å². The molecule has 2 rings (SSSR count). The van der Waals surface area contributed by atoms with Gasteiger partial charge in [-0.15, -0.1) is 0 Å². The zero-order valence-corrected chi connectivity index (χ0v) is 13.3. The van der Waals surface area contributed by atoms with E-state index in [0.29, 0.717) is 11.5 Å². The zero-order valence-electron chi connectivity index (χ0n) is 12.5. The second-order valence-corrected chi connectivity index (χ2v) is 7.61. The number of carbonyl (C=O) groups is 1. The van der Waals surface area contributed by atoms with Gasteiger partial charge in [-0.3, -0.25) is 0 Å². The molecular weight excluding hydrogens is 290 g/mol. The predicted molar refractivity (Wildman–Crippen MR) is 79.8 cm³/mol. The number of carboxylic acids is 1. The van der Waals surface area contributed by atoms with Crippen LogP contribution in [0.15, 0.2) is 23.1 Å². The van der Waals surface area contributed by atoms with Crippen LogP contribution in [0.5, 0.6) is 0 Å². The van der Waals surface area contributed by atoms with Gasteiger partial charge < -0.3 is 5.11 Å². The summed E-state index contributed by atoms with van der Waals surface area (Å²) in [6.07, 6.45) is 1.82. The average molecular weight is 311 g/mol. The maximum atomic E-state index is 12.5. The normalized spacial score (nSPS) is 26.0. The van der Waals surface area contributed by atoms with E-state index < -0.39 is 16.0 Å². The highest BCUT2D eigenvalue weighted by Gasteiger charge is 2.33. The number of aryl methyl sites for hydroxylation is 1. The Kier molecular flexibility index (Phi) is 4.39. The third-order valence-corrected chi connectivity index (χ3v) is 6.13. The first-order valence-electron chi connectivity index (χ1n) is 7.08. The highest BCUT2D eigenvalue weighted by Crippen LogP contribution is 2.32. The van der Waals surface area contributed by atoms with Crippen molar-refractivity contribution in [2.24, 2.45) is 11.8 Å². The smallest absolute Gasteiger partial charge is 0.335 e. The van der Waals surface area contributed by atoms with Crippen LogP contribution in [-0.4, -0.2) is 25.5 Å². The fourth-order valence-electron chi connectivity index (χ4n) is 2.82. The van der Waals surface area contributed by atoms with Gasteiger partial charge in [0, 0.05) is 6.04 Å². The van der Waals surface area contributed by atoms with Gasteiger partial charge in [-0.2, -0.15) is 0 Å². The summed E-state index contributed by atoms with van der Waals surface area (Å²) in [7, 11) is -3.70. The van der Waals surface area contributed by atoms with Crippen LogP contribution in [0, 0.1) is 18.8 Å².